The van der Waals surface area contributed by atoms with Gasteiger partial charge in [-0.1, -0.05) is 18.5 Å². The molecule has 0 atom stereocenters. The molecule has 7 heteroatoms. The molecule has 0 radical (unpaired) electrons. The minimum absolute atomic E-state index is 0.0774. The Balaban J connectivity index is 1.79. The summed E-state index contributed by atoms with van der Waals surface area (Å²) in [6.45, 7) is 3.04. The van der Waals surface area contributed by atoms with E-state index in [9.17, 15) is 14.4 Å². The number of nitrogens with one attached hydrogen (secondary N) is 1. The Morgan fingerprint density at radius 1 is 1.04 bits per heavy atom. The first kappa shape index (κ1) is 21.4. The maximum atomic E-state index is 12.1. The van der Waals surface area contributed by atoms with E-state index in [-0.39, 0.29) is 24.9 Å². The zero-order valence-corrected chi connectivity index (χ0v) is 16.5. The van der Waals surface area contributed by atoms with E-state index in [2.05, 4.69) is 5.32 Å². The molecule has 0 aromatic heterocycles. The highest BCUT2D eigenvalue weighted by Gasteiger charge is 2.12. The number of rotatable bonds is 9. The SMILES string of the molecule is CCCC(=O)Nc1ccc(C(=O)COC(=O)COc2ccc(Cl)cc2C)cc1. The maximum absolute atomic E-state index is 12.1. The number of aryl methyl sites for hydroxylation is 1. The summed E-state index contributed by atoms with van der Waals surface area (Å²) in [6, 6.07) is 11.5. The molecule has 0 heterocycles. The van der Waals surface area contributed by atoms with Crippen molar-refractivity contribution in [2.24, 2.45) is 0 Å². The molecule has 0 aliphatic carbocycles. The van der Waals surface area contributed by atoms with Crippen molar-refractivity contribution < 1.29 is 23.9 Å². The fourth-order valence-electron chi connectivity index (χ4n) is 2.37. The lowest BCUT2D eigenvalue weighted by Crippen LogP contribution is -2.19. The fourth-order valence-corrected chi connectivity index (χ4v) is 2.60. The van der Waals surface area contributed by atoms with Gasteiger partial charge in [-0.3, -0.25) is 9.59 Å². The second-order valence-electron chi connectivity index (χ2n) is 6.16. The largest absolute Gasteiger partial charge is 0.482 e. The number of ketones is 1. The van der Waals surface area contributed by atoms with Crippen molar-refractivity contribution in [2.75, 3.05) is 18.5 Å². The molecular weight excluding hydrogens is 382 g/mol. The van der Waals surface area contributed by atoms with E-state index in [0.29, 0.717) is 28.4 Å². The van der Waals surface area contributed by atoms with Gasteiger partial charge in [0.05, 0.1) is 0 Å². The lowest BCUT2D eigenvalue weighted by molar-refractivity contribution is -0.144. The van der Waals surface area contributed by atoms with E-state index in [1.165, 1.54) is 0 Å². The van der Waals surface area contributed by atoms with E-state index in [1.807, 2.05) is 13.8 Å². The average Bonchev–Trinajstić information content (AvgIpc) is 2.66. The number of benzene rings is 2. The predicted molar refractivity (Wildman–Crippen MR) is 107 cm³/mol. The summed E-state index contributed by atoms with van der Waals surface area (Å²) in [5.41, 5.74) is 1.79. The third-order valence-corrected chi connectivity index (χ3v) is 4.05. The number of carbonyl (C=O) groups is 3. The Morgan fingerprint density at radius 3 is 2.39 bits per heavy atom. The van der Waals surface area contributed by atoms with E-state index in [0.717, 1.165) is 12.0 Å². The van der Waals surface area contributed by atoms with Crippen LogP contribution in [0.1, 0.15) is 35.7 Å². The number of halogens is 1. The molecule has 0 aliphatic heterocycles. The Morgan fingerprint density at radius 2 is 1.75 bits per heavy atom. The number of hydrogen-bond donors (Lipinski definition) is 1. The van der Waals surface area contributed by atoms with Crippen LogP contribution in [0.15, 0.2) is 42.5 Å². The molecule has 2 rings (SSSR count). The van der Waals surface area contributed by atoms with Gasteiger partial charge in [-0.05, 0) is 61.4 Å². The van der Waals surface area contributed by atoms with E-state index < -0.39 is 5.97 Å². The molecule has 1 amide bonds. The number of ether oxygens (including phenoxy) is 2. The van der Waals surface area contributed by atoms with Gasteiger partial charge in [0.25, 0.3) is 0 Å². The van der Waals surface area contributed by atoms with Gasteiger partial charge in [-0.15, -0.1) is 0 Å². The maximum Gasteiger partial charge on any atom is 0.344 e. The number of Topliss-reactive ketones (excluding diaryl/α,β-unsaturated/α-hetero) is 1. The molecule has 0 unspecified atom stereocenters. The predicted octanol–water partition coefficient (Wildman–Crippen LogP) is 4.19. The molecule has 1 N–H and O–H groups in total. The van der Waals surface area contributed by atoms with Crippen molar-refractivity contribution >= 4 is 34.9 Å². The fraction of sp³-hybridized carbons (Fsp3) is 0.286. The Labute approximate surface area is 168 Å². The van der Waals surface area contributed by atoms with Crippen LogP contribution in [0.3, 0.4) is 0 Å². The monoisotopic (exact) mass is 403 g/mol. The van der Waals surface area contributed by atoms with Gasteiger partial charge in [-0.2, -0.15) is 0 Å². The average molecular weight is 404 g/mol. The van der Waals surface area contributed by atoms with Crippen molar-refractivity contribution in [3.05, 3.63) is 58.6 Å². The Bertz CT molecular complexity index is 848. The first-order chi connectivity index (χ1) is 13.4. The highest BCUT2D eigenvalue weighted by molar-refractivity contribution is 6.30. The second kappa shape index (κ2) is 10.5. The molecule has 6 nitrogen and oxygen atoms in total. The van der Waals surface area contributed by atoms with Crippen LogP contribution >= 0.6 is 11.6 Å². The van der Waals surface area contributed by atoms with Gasteiger partial charge in [0.2, 0.25) is 5.91 Å². The molecule has 148 valence electrons. The zero-order chi connectivity index (χ0) is 20.5. The summed E-state index contributed by atoms with van der Waals surface area (Å²) >= 11 is 5.87. The lowest BCUT2D eigenvalue weighted by atomic mass is 10.1. The first-order valence-corrected chi connectivity index (χ1v) is 9.24. The van der Waals surface area contributed by atoms with Crippen molar-refractivity contribution in [3.63, 3.8) is 0 Å². The summed E-state index contributed by atoms with van der Waals surface area (Å²) in [7, 11) is 0. The molecule has 28 heavy (non-hydrogen) atoms. The minimum Gasteiger partial charge on any atom is -0.482 e. The van der Waals surface area contributed by atoms with Gasteiger partial charge in [0, 0.05) is 22.7 Å². The number of esters is 1. The first-order valence-electron chi connectivity index (χ1n) is 8.86. The van der Waals surface area contributed by atoms with Gasteiger partial charge in [0.1, 0.15) is 5.75 Å². The van der Waals surface area contributed by atoms with Gasteiger partial charge in [-0.25, -0.2) is 4.79 Å². The van der Waals surface area contributed by atoms with Crippen LogP contribution in [0.4, 0.5) is 5.69 Å². The van der Waals surface area contributed by atoms with Crippen LogP contribution in [0.25, 0.3) is 0 Å². The third kappa shape index (κ3) is 6.70. The molecule has 0 fully saturated rings. The smallest absolute Gasteiger partial charge is 0.344 e. The Kier molecular flexibility index (Phi) is 8.02. The number of hydrogen-bond acceptors (Lipinski definition) is 5. The van der Waals surface area contributed by atoms with Crippen LogP contribution in [0, 0.1) is 6.92 Å². The van der Waals surface area contributed by atoms with Crippen molar-refractivity contribution in [3.8, 4) is 5.75 Å². The van der Waals surface area contributed by atoms with Crippen LogP contribution < -0.4 is 10.1 Å². The highest BCUT2D eigenvalue weighted by Crippen LogP contribution is 2.21. The van der Waals surface area contributed by atoms with E-state index in [4.69, 9.17) is 21.1 Å². The number of carbonyl (C=O) groups excluding carboxylic acids is 3. The minimum atomic E-state index is -0.647. The summed E-state index contributed by atoms with van der Waals surface area (Å²) in [4.78, 5) is 35.5. The standard InChI is InChI=1S/C21H22ClNO5/c1-3-4-20(25)23-17-8-5-15(6-9-17)18(24)12-28-21(26)13-27-19-10-7-16(22)11-14(19)2/h5-11H,3-4,12-13H2,1-2H3,(H,23,25). The molecule has 0 aliphatic rings. The van der Waals surface area contributed by atoms with Gasteiger partial charge < -0.3 is 14.8 Å². The van der Waals surface area contributed by atoms with E-state index >= 15 is 0 Å². The molecule has 2 aromatic carbocycles. The molecule has 0 spiro atoms. The lowest BCUT2D eigenvalue weighted by Gasteiger charge is -2.09. The number of amides is 1. The molecule has 0 saturated heterocycles. The Hall–Kier alpha value is -2.86. The summed E-state index contributed by atoms with van der Waals surface area (Å²) < 4.78 is 10.3. The van der Waals surface area contributed by atoms with Gasteiger partial charge >= 0.3 is 5.97 Å². The van der Waals surface area contributed by atoms with Crippen LogP contribution in [-0.4, -0.2) is 30.9 Å². The summed E-state index contributed by atoms with van der Waals surface area (Å²) in [5, 5.41) is 3.32. The second-order valence-corrected chi connectivity index (χ2v) is 6.59. The van der Waals surface area contributed by atoms with Crippen molar-refractivity contribution in [1.82, 2.24) is 0 Å². The zero-order valence-electron chi connectivity index (χ0n) is 15.8. The van der Waals surface area contributed by atoms with Crippen LogP contribution in [0.2, 0.25) is 5.02 Å². The number of anilines is 1. The highest BCUT2D eigenvalue weighted by atomic mass is 35.5. The van der Waals surface area contributed by atoms with Crippen LogP contribution in [-0.2, 0) is 14.3 Å². The molecule has 2 aromatic rings. The third-order valence-electron chi connectivity index (χ3n) is 3.81. The summed E-state index contributed by atoms with van der Waals surface area (Å²) in [6.07, 6.45) is 1.20. The normalized spacial score (nSPS) is 10.2. The van der Waals surface area contributed by atoms with Gasteiger partial charge in [0.15, 0.2) is 19.0 Å². The topological polar surface area (TPSA) is 81.7 Å². The summed E-state index contributed by atoms with van der Waals surface area (Å²) in [5.74, 6) is -0.548. The van der Waals surface area contributed by atoms with Crippen LogP contribution in [0.5, 0.6) is 5.75 Å². The quantitative estimate of drug-likeness (QED) is 0.501. The van der Waals surface area contributed by atoms with Crippen molar-refractivity contribution in [1.29, 1.82) is 0 Å². The van der Waals surface area contributed by atoms with Crippen molar-refractivity contribution in [2.45, 2.75) is 26.7 Å². The molecule has 0 bridgehead atoms. The molecule has 0 saturated carbocycles. The van der Waals surface area contributed by atoms with E-state index in [1.54, 1.807) is 42.5 Å². The molecular formula is C21H22ClNO5.